The average Bonchev–Trinajstić information content (AvgIpc) is 2.46. The third-order valence-corrected chi connectivity index (χ3v) is 2.74. The van der Waals surface area contributed by atoms with Crippen molar-refractivity contribution in [3.05, 3.63) is 59.3 Å². The van der Waals surface area contributed by atoms with Gasteiger partial charge in [0, 0.05) is 31.4 Å². The monoisotopic (exact) mass is 277 g/mol. The van der Waals surface area contributed by atoms with Crippen LogP contribution in [0.2, 0.25) is 0 Å². The van der Waals surface area contributed by atoms with Gasteiger partial charge in [0.15, 0.2) is 0 Å². The van der Waals surface area contributed by atoms with Crippen LogP contribution in [0.3, 0.4) is 0 Å². The number of anilines is 1. The fourth-order valence-electron chi connectivity index (χ4n) is 1.62. The summed E-state index contributed by atoms with van der Waals surface area (Å²) in [5.41, 5.74) is 0.589. The van der Waals surface area contributed by atoms with Gasteiger partial charge in [-0.15, -0.1) is 0 Å². The molecule has 0 atom stereocenters. The van der Waals surface area contributed by atoms with Crippen molar-refractivity contribution in [2.75, 3.05) is 12.4 Å². The molecule has 20 heavy (non-hydrogen) atoms. The highest BCUT2D eigenvalue weighted by molar-refractivity contribution is 5.93. The van der Waals surface area contributed by atoms with Crippen LogP contribution in [0.1, 0.15) is 15.9 Å². The summed E-state index contributed by atoms with van der Waals surface area (Å²) in [5, 5.41) is 5.39. The lowest BCUT2D eigenvalue weighted by atomic mass is 10.2. The molecule has 0 fully saturated rings. The molecule has 0 saturated heterocycles. The number of benzene rings is 1. The maximum Gasteiger partial charge on any atom is 0.253 e. The molecule has 6 heteroatoms. The quantitative estimate of drug-likeness (QED) is 0.902. The Morgan fingerprint density at radius 3 is 2.65 bits per heavy atom. The summed E-state index contributed by atoms with van der Waals surface area (Å²) in [6, 6.07) is 6.49. The highest BCUT2D eigenvalue weighted by Gasteiger charge is 2.08. The average molecular weight is 277 g/mol. The van der Waals surface area contributed by atoms with Gasteiger partial charge in [0.05, 0.1) is 5.56 Å². The minimum Gasteiger partial charge on any atom is -0.373 e. The van der Waals surface area contributed by atoms with Crippen molar-refractivity contribution < 1.29 is 13.6 Å². The number of halogens is 2. The zero-order valence-electron chi connectivity index (χ0n) is 10.8. The molecule has 2 N–H and O–H groups in total. The van der Waals surface area contributed by atoms with Gasteiger partial charge in [-0.2, -0.15) is 0 Å². The van der Waals surface area contributed by atoms with Crippen LogP contribution >= 0.6 is 0 Å². The predicted molar refractivity (Wildman–Crippen MR) is 71.3 cm³/mol. The molecule has 1 aromatic heterocycles. The van der Waals surface area contributed by atoms with Crippen molar-refractivity contribution in [1.82, 2.24) is 10.3 Å². The molecule has 0 aliphatic rings. The molecule has 4 nitrogen and oxygen atoms in total. The number of nitrogens with zero attached hydrogens (tertiary/aromatic N) is 1. The van der Waals surface area contributed by atoms with Gasteiger partial charge in [0.25, 0.3) is 5.91 Å². The lowest BCUT2D eigenvalue weighted by Gasteiger charge is -2.07. The van der Waals surface area contributed by atoms with Crippen molar-refractivity contribution in [3.63, 3.8) is 0 Å². The largest absolute Gasteiger partial charge is 0.373 e. The first kappa shape index (κ1) is 13.9. The Balaban J connectivity index is 2.00. The third-order valence-electron chi connectivity index (χ3n) is 2.74. The lowest BCUT2D eigenvalue weighted by molar-refractivity contribution is 0.0950. The second-order valence-electron chi connectivity index (χ2n) is 4.10. The Labute approximate surface area is 114 Å². The maximum atomic E-state index is 13.4. The lowest BCUT2D eigenvalue weighted by Crippen LogP contribution is -2.23. The SMILES string of the molecule is CNc1ccc(C(=O)NCc2ccc(F)cc2F)cn1. The van der Waals surface area contributed by atoms with Crippen LogP contribution in [0.4, 0.5) is 14.6 Å². The Morgan fingerprint density at radius 2 is 2.05 bits per heavy atom. The Kier molecular flexibility index (Phi) is 4.24. The van der Waals surface area contributed by atoms with E-state index in [-0.39, 0.29) is 18.0 Å². The van der Waals surface area contributed by atoms with Crippen LogP contribution in [0, 0.1) is 11.6 Å². The van der Waals surface area contributed by atoms with E-state index in [2.05, 4.69) is 15.6 Å². The van der Waals surface area contributed by atoms with Gasteiger partial charge < -0.3 is 10.6 Å². The minimum atomic E-state index is -0.686. The highest BCUT2D eigenvalue weighted by atomic mass is 19.1. The summed E-state index contributed by atoms with van der Waals surface area (Å²) in [6.45, 7) is -0.0152. The number of carbonyl (C=O) groups is 1. The molecule has 0 saturated carbocycles. The fourth-order valence-corrected chi connectivity index (χ4v) is 1.62. The number of hydrogen-bond donors (Lipinski definition) is 2. The van der Waals surface area contributed by atoms with Gasteiger partial charge in [-0.1, -0.05) is 6.07 Å². The van der Waals surface area contributed by atoms with Crippen molar-refractivity contribution in [1.29, 1.82) is 0 Å². The Hall–Kier alpha value is -2.50. The van der Waals surface area contributed by atoms with Crippen molar-refractivity contribution in [3.8, 4) is 0 Å². The van der Waals surface area contributed by atoms with E-state index in [9.17, 15) is 13.6 Å². The zero-order valence-corrected chi connectivity index (χ0v) is 10.8. The third kappa shape index (κ3) is 3.28. The fraction of sp³-hybridized carbons (Fsp3) is 0.143. The van der Waals surface area contributed by atoms with Crippen LogP contribution in [-0.2, 0) is 6.54 Å². The van der Waals surface area contributed by atoms with Crippen LogP contribution in [-0.4, -0.2) is 17.9 Å². The number of aromatic nitrogens is 1. The zero-order chi connectivity index (χ0) is 14.5. The molecule has 1 heterocycles. The van der Waals surface area contributed by atoms with Crippen LogP contribution in [0.5, 0.6) is 0 Å². The first-order valence-electron chi connectivity index (χ1n) is 5.96. The first-order valence-corrected chi connectivity index (χ1v) is 5.96. The molecule has 104 valence electrons. The Bertz CT molecular complexity index is 614. The molecule has 1 amide bonds. The first-order chi connectivity index (χ1) is 9.60. The molecule has 0 unspecified atom stereocenters. The van der Waals surface area contributed by atoms with Crippen LogP contribution in [0.15, 0.2) is 36.5 Å². The summed E-state index contributed by atoms with van der Waals surface area (Å²) in [6.07, 6.45) is 1.42. The van der Waals surface area contributed by atoms with E-state index in [1.165, 1.54) is 12.3 Å². The number of carbonyl (C=O) groups excluding carboxylic acids is 1. The summed E-state index contributed by atoms with van der Waals surface area (Å²) in [4.78, 5) is 15.8. The van der Waals surface area contributed by atoms with E-state index in [1.54, 1.807) is 19.2 Å². The second-order valence-corrected chi connectivity index (χ2v) is 4.10. The molecular formula is C14H13F2N3O. The molecule has 1 aromatic carbocycles. The molecule has 0 bridgehead atoms. The van der Waals surface area contributed by atoms with Gasteiger partial charge >= 0.3 is 0 Å². The van der Waals surface area contributed by atoms with Crippen molar-refractivity contribution in [2.24, 2.45) is 0 Å². The van der Waals surface area contributed by atoms with E-state index < -0.39 is 11.6 Å². The molecule has 2 aromatic rings. The summed E-state index contributed by atoms with van der Waals surface area (Å²) in [5.74, 6) is -1.06. The van der Waals surface area contributed by atoms with Crippen molar-refractivity contribution in [2.45, 2.75) is 6.54 Å². The Morgan fingerprint density at radius 1 is 1.25 bits per heavy atom. The number of nitrogens with one attached hydrogen (secondary N) is 2. The van der Waals surface area contributed by atoms with Crippen LogP contribution in [0.25, 0.3) is 0 Å². The number of hydrogen-bond acceptors (Lipinski definition) is 3. The van der Waals surface area contributed by atoms with E-state index in [0.29, 0.717) is 11.4 Å². The molecule has 2 rings (SSSR count). The minimum absolute atomic E-state index is 0.0152. The van der Waals surface area contributed by atoms with Gasteiger partial charge in [-0.3, -0.25) is 4.79 Å². The van der Waals surface area contributed by atoms with E-state index in [1.807, 2.05) is 0 Å². The molecule has 0 aliphatic heterocycles. The number of pyridine rings is 1. The van der Waals surface area contributed by atoms with Crippen molar-refractivity contribution >= 4 is 11.7 Å². The molecule has 0 radical (unpaired) electrons. The second kappa shape index (κ2) is 6.10. The summed E-state index contributed by atoms with van der Waals surface area (Å²) >= 11 is 0. The molecule has 0 spiro atoms. The van der Waals surface area contributed by atoms with Gasteiger partial charge in [0.1, 0.15) is 17.5 Å². The van der Waals surface area contributed by atoms with Gasteiger partial charge in [-0.25, -0.2) is 13.8 Å². The maximum absolute atomic E-state index is 13.4. The highest BCUT2D eigenvalue weighted by Crippen LogP contribution is 2.10. The van der Waals surface area contributed by atoms with Gasteiger partial charge in [0.2, 0.25) is 0 Å². The molecule has 0 aliphatic carbocycles. The smallest absolute Gasteiger partial charge is 0.253 e. The summed E-state index contributed by atoms with van der Waals surface area (Å²) in [7, 11) is 1.72. The van der Waals surface area contributed by atoms with E-state index in [4.69, 9.17) is 0 Å². The normalized spacial score (nSPS) is 10.2. The standard InChI is InChI=1S/C14H13F2N3O/c1-17-13-5-3-10(8-18-13)14(20)19-7-9-2-4-11(15)6-12(9)16/h2-6,8H,7H2,1H3,(H,17,18)(H,19,20). The van der Waals surface area contributed by atoms with Gasteiger partial charge in [-0.05, 0) is 18.2 Å². The molecular weight excluding hydrogens is 264 g/mol. The van der Waals surface area contributed by atoms with Crippen LogP contribution < -0.4 is 10.6 Å². The van der Waals surface area contributed by atoms with E-state index >= 15 is 0 Å². The predicted octanol–water partition coefficient (Wildman–Crippen LogP) is 2.33. The van der Waals surface area contributed by atoms with E-state index in [0.717, 1.165) is 12.1 Å². The summed E-state index contributed by atoms with van der Waals surface area (Å²) < 4.78 is 26.1. The number of rotatable bonds is 4. The topological polar surface area (TPSA) is 54.0 Å². The number of amides is 1.